The Hall–Kier alpha value is -2.52. The smallest absolute Gasteiger partial charge is 0.132 e. The number of piperidine rings is 2. The Morgan fingerprint density at radius 1 is 1.19 bits per heavy atom. The molecule has 0 amide bonds. The maximum absolute atomic E-state index is 14.8. The highest BCUT2D eigenvalue weighted by atomic mass is 32.2. The summed E-state index contributed by atoms with van der Waals surface area (Å²) in [6.07, 6.45) is 6.11. The van der Waals surface area contributed by atoms with Crippen molar-refractivity contribution in [2.24, 2.45) is 7.05 Å². The summed E-state index contributed by atoms with van der Waals surface area (Å²) in [6.45, 7) is 0. The number of nitrogens with zero attached hydrogens (tertiary/aromatic N) is 4. The van der Waals surface area contributed by atoms with E-state index >= 15 is 0 Å². The van der Waals surface area contributed by atoms with Crippen molar-refractivity contribution in [3.8, 4) is 28.1 Å². The van der Waals surface area contributed by atoms with Crippen molar-refractivity contribution in [2.45, 2.75) is 54.2 Å². The largest absolute Gasteiger partial charge is 0.507 e. The zero-order valence-corrected chi connectivity index (χ0v) is 17.8. The fourth-order valence-electron chi connectivity index (χ4n) is 4.50. The van der Waals surface area contributed by atoms with Gasteiger partial charge in [-0.1, -0.05) is 18.2 Å². The molecule has 2 saturated heterocycles. The fourth-order valence-corrected chi connectivity index (χ4v) is 5.70. The van der Waals surface area contributed by atoms with Crippen molar-refractivity contribution in [1.29, 1.82) is 0 Å². The summed E-state index contributed by atoms with van der Waals surface area (Å²) in [5.41, 5.74) is 1.46. The van der Waals surface area contributed by atoms with Crippen LogP contribution in [0.4, 0.5) is 8.78 Å². The SMILES string of the molecule is Cn1cc(-c2cc(O)c(-c3ccc(S[C@H]4C[C@@H]5CCC[C@@H](N5)[C@H]4F)nn3)cc2F)cn1. The van der Waals surface area contributed by atoms with Gasteiger partial charge in [-0.15, -0.1) is 10.2 Å². The number of aryl methyl sites for hydroxylation is 1. The van der Waals surface area contributed by atoms with Crippen molar-refractivity contribution in [1.82, 2.24) is 25.3 Å². The van der Waals surface area contributed by atoms with Gasteiger partial charge in [0.15, 0.2) is 0 Å². The van der Waals surface area contributed by atoms with E-state index in [4.69, 9.17) is 0 Å². The van der Waals surface area contributed by atoms with E-state index in [1.54, 1.807) is 30.1 Å². The molecule has 162 valence electrons. The average Bonchev–Trinajstić information content (AvgIpc) is 3.20. The summed E-state index contributed by atoms with van der Waals surface area (Å²) in [6, 6.07) is 6.35. The van der Waals surface area contributed by atoms with E-state index < -0.39 is 12.0 Å². The van der Waals surface area contributed by atoms with Crippen molar-refractivity contribution < 1.29 is 13.9 Å². The van der Waals surface area contributed by atoms with Crippen LogP contribution in [-0.4, -0.2) is 48.6 Å². The van der Waals surface area contributed by atoms with Gasteiger partial charge in [-0.05, 0) is 43.5 Å². The first-order valence-electron chi connectivity index (χ1n) is 10.4. The molecule has 2 bridgehead atoms. The standard InChI is InChI=1S/C22H23F2N5OS/c1-29-11-12(10-25-29)14-9-19(30)15(8-16(14)23)17-5-6-21(28-27-17)31-20-7-13-3-2-4-18(26-13)22(20)24/h5-6,8-11,13,18,20,22,26,30H,2-4,7H2,1H3/t13-,18+,20-,22+/m0/s1. The van der Waals surface area contributed by atoms with Gasteiger partial charge in [0.2, 0.25) is 0 Å². The predicted molar refractivity (Wildman–Crippen MR) is 115 cm³/mol. The normalized spacial score (nSPS) is 25.5. The second-order valence-corrected chi connectivity index (χ2v) is 9.51. The molecule has 3 aromatic rings. The lowest BCUT2D eigenvalue weighted by Crippen LogP contribution is -2.56. The van der Waals surface area contributed by atoms with Gasteiger partial charge in [0.05, 0.1) is 11.9 Å². The number of aromatic hydroxyl groups is 1. The lowest BCUT2D eigenvalue weighted by molar-refractivity contribution is 0.137. The molecule has 0 spiro atoms. The highest BCUT2D eigenvalue weighted by Gasteiger charge is 2.40. The molecular weight excluding hydrogens is 420 g/mol. The third-order valence-electron chi connectivity index (χ3n) is 6.06. The Balaban J connectivity index is 1.35. The van der Waals surface area contributed by atoms with E-state index in [-0.39, 0.29) is 28.2 Å². The molecule has 0 aliphatic carbocycles. The third kappa shape index (κ3) is 4.04. The van der Waals surface area contributed by atoms with E-state index in [2.05, 4.69) is 20.6 Å². The summed E-state index contributed by atoms with van der Waals surface area (Å²) < 4.78 is 31.1. The van der Waals surface area contributed by atoms with Crippen LogP contribution in [0.5, 0.6) is 5.75 Å². The number of hydrogen-bond donors (Lipinski definition) is 2. The Labute approximate surface area is 183 Å². The number of benzene rings is 1. The second-order valence-electron chi connectivity index (χ2n) is 8.25. The van der Waals surface area contributed by atoms with E-state index in [0.29, 0.717) is 22.3 Å². The zero-order valence-electron chi connectivity index (χ0n) is 17.0. The number of fused-ring (bicyclic) bond motifs is 2. The number of halogens is 2. The molecule has 0 radical (unpaired) electrons. The summed E-state index contributed by atoms with van der Waals surface area (Å²) in [7, 11) is 1.74. The van der Waals surface area contributed by atoms with Crippen LogP contribution in [0.25, 0.3) is 22.4 Å². The first-order valence-corrected chi connectivity index (χ1v) is 11.3. The second kappa shape index (κ2) is 8.20. The van der Waals surface area contributed by atoms with Gasteiger partial charge in [-0.3, -0.25) is 4.68 Å². The van der Waals surface area contributed by atoms with Crippen molar-refractivity contribution in [3.63, 3.8) is 0 Å². The van der Waals surface area contributed by atoms with Crippen LogP contribution in [0.3, 0.4) is 0 Å². The Morgan fingerprint density at radius 2 is 2.06 bits per heavy atom. The monoisotopic (exact) mass is 443 g/mol. The number of thioether (sulfide) groups is 1. The number of phenols is 1. The van der Waals surface area contributed by atoms with Crippen LogP contribution < -0.4 is 5.32 Å². The predicted octanol–water partition coefficient (Wildman–Crippen LogP) is 4.10. The molecule has 6 nitrogen and oxygen atoms in total. The lowest BCUT2D eigenvalue weighted by Gasteiger charge is -2.42. The minimum Gasteiger partial charge on any atom is -0.507 e. The Morgan fingerprint density at radius 3 is 2.81 bits per heavy atom. The first-order chi connectivity index (χ1) is 15.0. The minimum atomic E-state index is -0.916. The van der Waals surface area contributed by atoms with Crippen molar-refractivity contribution >= 4 is 11.8 Å². The van der Waals surface area contributed by atoms with Gasteiger partial charge in [-0.25, -0.2) is 8.78 Å². The van der Waals surface area contributed by atoms with Crippen molar-refractivity contribution in [3.05, 3.63) is 42.5 Å². The van der Waals surface area contributed by atoms with Crippen molar-refractivity contribution in [2.75, 3.05) is 0 Å². The number of phenolic OH excluding ortho intramolecular Hbond substituents is 1. The third-order valence-corrected chi connectivity index (χ3v) is 7.28. The maximum Gasteiger partial charge on any atom is 0.132 e. The summed E-state index contributed by atoms with van der Waals surface area (Å²) in [5, 5.41) is 26.8. The van der Waals surface area contributed by atoms with Gasteiger partial charge in [0.25, 0.3) is 0 Å². The van der Waals surface area contributed by atoms with E-state index in [1.165, 1.54) is 30.1 Å². The molecule has 0 saturated carbocycles. The topological polar surface area (TPSA) is 75.9 Å². The summed E-state index contributed by atoms with van der Waals surface area (Å²) >= 11 is 1.41. The minimum absolute atomic E-state index is 0.0736. The molecule has 31 heavy (non-hydrogen) atoms. The van der Waals surface area contributed by atoms with Crippen LogP contribution in [-0.2, 0) is 7.05 Å². The highest BCUT2D eigenvalue weighted by Crippen LogP contribution is 2.38. The number of aromatic nitrogens is 4. The van der Waals surface area contributed by atoms with Crippen LogP contribution in [0.15, 0.2) is 41.7 Å². The summed E-state index contributed by atoms with van der Waals surface area (Å²) in [4.78, 5) is 0. The first kappa shape index (κ1) is 20.4. The molecule has 9 heteroatoms. The molecule has 2 N–H and O–H groups in total. The Kier molecular flexibility index (Phi) is 5.39. The molecule has 4 atom stereocenters. The Bertz CT molecular complexity index is 1090. The number of hydrogen-bond acceptors (Lipinski definition) is 6. The zero-order chi connectivity index (χ0) is 21.5. The van der Waals surface area contributed by atoms with Crippen LogP contribution >= 0.6 is 11.8 Å². The lowest BCUT2D eigenvalue weighted by atomic mass is 9.85. The maximum atomic E-state index is 14.8. The molecule has 2 aliphatic rings. The molecule has 2 aromatic heterocycles. The number of nitrogens with one attached hydrogen (secondary N) is 1. The van der Waals surface area contributed by atoms with Crippen LogP contribution in [0.2, 0.25) is 0 Å². The molecular formula is C22H23F2N5OS. The van der Waals surface area contributed by atoms with Gasteiger partial charge >= 0.3 is 0 Å². The number of alkyl halides is 1. The molecule has 1 aromatic carbocycles. The molecule has 2 aliphatic heterocycles. The fraction of sp³-hybridized carbons (Fsp3) is 0.409. The molecule has 5 rings (SSSR count). The van der Waals surface area contributed by atoms with Crippen LogP contribution in [0.1, 0.15) is 25.7 Å². The van der Waals surface area contributed by atoms with Gasteiger partial charge in [-0.2, -0.15) is 5.10 Å². The van der Waals surface area contributed by atoms with Gasteiger partial charge in [0, 0.05) is 47.3 Å². The van der Waals surface area contributed by atoms with Gasteiger partial charge < -0.3 is 10.4 Å². The molecule has 0 unspecified atom stereocenters. The highest BCUT2D eigenvalue weighted by molar-refractivity contribution is 7.99. The molecule has 4 heterocycles. The molecule has 2 fully saturated rings. The van der Waals surface area contributed by atoms with Crippen LogP contribution in [0, 0.1) is 5.82 Å². The number of rotatable bonds is 4. The average molecular weight is 444 g/mol. The quantitative estimate of drug-likeness (QED) is 0.632. The van der Waals surface area contributed by atoms with Gasteiger partial charge in [0.1, 0.15) is 22.8 Å². The van der Waals surface area contributed by atoms with E-state index in [0.717, 1.165) is 25.7 Å². The summed E-state index contributed by atoms with van der Waals surface area (Å²) in [5.74, 6) is -0.576. The van der Waals surface area contributed by atoms with E-state index in [1.807, 2.05) is 0 Å². The van der Waals surface area contributed by atoms with E-state index in [9.17, 15) is 13.9 Å².